The highest BCUT2D eigenvalue weighted by Gasteiger charge is 2.40. The van der Waals surface area contributed by atoms with E-state index >= 15 is 0 Å². The van der Waals surface area contributed by atoms with Gasteiger partial charge < -0.3 is 15.0 Å². The van der Waals surface area contributed by atoms with Crippen LogP contribution in [0.3, 0.4) is 0 Å². The molecular formula is C20H24ClN3O5. The third kappa shape index (κ3) is 5.06. The molecule has 3 rings (SSSR count). The summed E-state index contributed by atoms with van der Waals surface area (Å²) in [5.41, 5.74) is 0.664. The van der Waals surface area contributed by atoms with E-state index in [0.29, 0.717) is 42.9 Å². The molecule has 29 heavy (non-hydrogen) atoms. The normalized spacial score (nSPS) is 20.0. The van der Waals surface area contributed by atoms with Crippen LogP contribution >= 0.6 is 11.6 Å². The molecule has 1 aromatic carbocycles. The standard InChI is InChI=1S/C20H24ClN3O5/c1-29-18(26)10-13-6-8-23(9-7-13)17(25)11-16-19(27)24(20(28)22-16)12-14-4-2-3-5-15(14)21/h2-5,13,16H,6-12H2,1H3,(H,22,28)/t16-/m0/s1. The van der Waals surface area contributed by atoms with Gasteiger partial charge in [-0.2, -0.15) is 0 Å². The molecule has 2 aliphatic rings. The maximum absolute atomic E-state index is 12.6. The summed E-state index contributed by atoms with van der Waals surface area (Å²) >= 11 is 6.11. The second-order valence-electron chi connectivity index (χ2n) is 7.33. The zero-order chi connectivity index (χ0) is 21.0. The zero-order valence-corrected chi connectivity index (χ0v) is 17.0. The second kappa shape index (κ2) is 9.26. The molecule has 0 aliphatic carbocycles. The first-order chi connectivity index (χ1) is 13.9. The van der Waals surface area contributed by atoms with Gasteiger partial charge in [0.05, 0.1) is 20.1 Å². The van der Waals surface area contributed by atoms with E-state index in [4.69, 9.17) is 11.6 Å². The van der Waals surface area contributed by atoms with Crippen molar-refractivity contribution in [2.24, 2.45) is 5.92 Å². The summed E-state index contributed by atoms with van der Waals surface area (Å²) < 4.78 is 4.69. The van der Waals surface area contributed by atoms with Gasteiger partial charge in [-0.25, -0.2) is 4.79 Å². The molecule has 1 atom stereocenters. The maximum atomic E-state index is 12.6. The number of rotatable bonds is 6. The highest BCUT2D eigenvalue weighted by Crippen LogP contribution is 2.23. The Balaban J connectivity index is 1.52. The van der Waals surface area contributed by atoms with Crippen LogP contribution < -0.4 is 5.32 Å². The Hall–Kier alpha value is -2.61. The number of amides is 4. The van der Waals surface area contributed by atoms with Crippen molar-refractivity contribution in [2.75, 3.05) is 20.2 Å². The molecule has 0 saturated carbocycles. The SMILES string of the molecule is COC(=O)CC1CCN(C(=O)C[C@@H]2NC(=O)N(Cc3ccccc3Cl)C2=O)CC1. The van der Waals surface area contributed by atoms with Crippen LogP contribution in [0.5, 0.6) is 0 Å². The van der Waals surface area contributed by atoms with Crippen LogP contribution in [-0.4, -0.2) is 59.9 Å². The third-order valence-corrected chi connectivity index (χ3v) is 5.79. The van der Waals surface area contributed by atoms with Crippen LogP contribution in [0.2, 0.25) is 5.02 Å². The Morgan fingerprint density at radius 1 is 1.17 bits per heavy atom. The zero-order valence-electron chi connectivity index (χ0n) is 16.2. The Kier molecular flexibility index (Phi) is 6.74. The summed E-state index contributed by atoms with van der Waals surface area (Å²) in [5, 5.41) is 3.07. The summed E-state index contributed by atoms with van der Waals surface area (Å²) in [6.45, 7) is 1.12. The van der Waals surface area contributed by atoms with Gasteiger partial charge in [-0.1, -0.05) is 29.8 Å². The number of benzene rings is 1. The monoisotopic (exact) mass is 421 g/mol. The number of hydrogen-bond acceptors (Lipinski definition) is 5. The van der Waals surface area contributed by atoms with Crippen LogP contribution in [-0.2, 0) is 25.7 Å². The average molecular weight is 422 g/mol. The molecule has 0 aromatic heterocycles. The first kappa shape index (κ1) is 21.1. The number of likely N-dealkylation sites (tertiary alicyclic amines) is 1. The van der Waals surface area contributed by atoms with E-state index in [2.05, 4.69) is 10.1 Å². The lowest BCUT2D eigenvalue weighted by Gasteiger charge is -2.32. The number of carbonyl (C=O) groups is 4. The van der Waals surface area contributed by atoms with Crippen LogP contribution in [0.1, 0.15) is 31.2 Å². The summed E-state index contributed by atoms with van der Waals surface area (Å²) in [5.74, 6) is -0.651. The maximum Gasteiger partial charge on any atom is 0.325 e. The van der Waals surface area contributed by atoms with Crippen molar-refractivity contribution in [3.05, 3.63) is 34.9 Å². The number of piperidine rings is 1. The Bertz CT molecular complexity index is 807. The number of methoxy groups -OCH3 is 1. The van der Waals surface area contributed by atoms with Crippen molar-refractivity contribution in [2.45, 2.75) is 38.3 Å². The van der Waals surface area contributed by atoms with Crippen LogP contribution in [0.15, 0.2) is 24.3 Å². The number of halogens is 1. The van der Waals surface area contributed by atoms with Crippen LogP contribution in [0, 0.1) is 5.92 Å². The number of imide groups is 1. The van der Waals surface area contributed by atoms with Gasteiger partial charge in [0, 0.05) is 24.5 Å². The van der Waals surface area contributed by atoms with E-state index in [-0.39, 0.29) is 30.8 Å². The minimum atomic E-state index is -0.870. The van der Waals surface area contributed by atoms with Crippen LogP contribution in [0.4, 0.5) is 4.79 Å². The van der Waals surface area contributed by atoms with E-state index in [1.165, 1.54) is 7.11 Å². The van der Waals surface area contributed by atoms with Gasteiger partial charge in [0.2, 0.25) is 5.91 Å². The molecule has 156 valence electrons. The first-order valence-corrected chi connectivity index (χ1v) is 9.96. The smallest absolute Gasteiger partial charge is 0.325 e. The molecule has 1 aromatic rings. The van der Waals surface area contributed by atoms with E-state index in [0.717, 1.165) is 4.90 Å². The van der Waals surface area contributed by atoms with Gasteiger partial charge in [-0.05, 0) is 30.4 Å². The number of nitrogens with zero attached hydrogens (tertiary/aromatic N) is 2. The predicted octanol–water partition coefficient (Wildman–Crippen LogP) is 1.95. The average Bonchev–Trinajstić information content (AvgIpc) is 2.97. The summed E-state index contributed by atoms with van der Waals surface area (Å²) in [7, 11) is 1.36. The third-order valence-electron chi connectivity index (χ3n) is 5.42. The van der Waals surface area contributed by atoms with Crippen molar-refractivity contribution in [3.63, 3.8) is 0 Å². The number of nitrogens with one attached hydrogen (secondary N) is 1. The number of hydrogen-bond donors (Lipinski definition) is 1. The summed E-state index contributed by atoms with van der Waals surface area (Å²) in [6, 6.07) is 5.60. The van der Waals surface area contributed by atoms with Crippen molar-refractivity contribution in [1.82, 2.24) is 15.1 Å². The fraction of sp³-hybridized carbons (Fsp3) is 0.500. The fourth-order valence-electron chi connectivity index (χ4n) is 3.67. The van der Waals surface area contributed by atoms with Gasteiger partial charge in [0.15, 0.2) is 0 Å². The highest BCUT2D eigenvalue weighted by atomic mass is 35.5. The quantitative estimate of drug-likeness (QED) is 0.559. The number of esters is 1. The molecule has 2 saturated heterocycles. The van der Waals surface area contributed by atoms with Crippen molar-refractivity contribution in [1.29, 1.82) is 0 Å². The Labute approximate surface area is 174 Å². The van der Waals surface area contributed by atoms with E-state index < -0.39 is 18.0 Å². The largest absolute Gasteiger partial charge is 0.469 e. The minimum absolute atomic E-state index is 0.0634. The lowest BCUT2D eigenvalue weighted by Crippen LogP contribution is -2.43. The highest BCUT2D eigenvalue weighted by molar-refractivity contribution is 6.31. The molecule has 2 heterocycles. The molecule has 1 N–H and O–H groups in total. The second-order valence-corrected chi connectivity index (χ2v) is 7.73. The lowest BCUT2D eigenvalue weighted by molar-refractivity contribution is -0.142. The van der Waals surface area contributed by atoms with E-state index in [1.807, 2.05) is 0 Å². The Morgan fingerprint density at radius 3 is 2.52 bits per heavy atom. The molecule has 9 heteroatoms. The number of carbonyl (C=O) groups excluding carboxylic acids is 4. The predicted molar refractivity (Wildman–Crippen MR) is 105 cm³/mol. The van der Waals surface area contributed by atoms with E-state index in [1.54, 1.807) is 29.2 Å². The number of urea groups is 1. The molecule has 8 nitrogen and oxygen atoms in total. The van der Waals surface area contributed by atoms with Crippen molar-refractivity contribution >= 4 is 35.4 Å². The molecule has 0 spiro atoms. The molecule has 2 fully saturated rings. The van der Waals surface area contributed by atoms with Gasteiger partial charge in [-0.15, -0.1) is 0 Å². The molecule has 4 amide bonds. The topological polar surface area (TPSA) is 96.0 Å². The van der Waals surface area contributed by atoms with Crippen molar-refractivity contribution < 1.29 is 23.9 Å². The fourth-order valence-corrected chi connectivity index (χ4v) is 3.87. The molecule has 0 radical (unpaired) electrons. The van der Waals surface area contributed by atoms with E-state index in [9.17, 15) is 19.2 Å². The molecular weight excluding hydrogens is 398 g/mol. The van der Waals surface area contributed by atoms with Crippen molar-refractivity contribution in [3.8, 4) is 0 Å². The van der Waals surface area contributed by atoms with Gasteiger partial charge in [-0.3, -0.25) is 19.3 Å². The molecule has 0 bridgehead atoms. The summed E-state index contributed by atoms with van der Waals surface area (Å²) in [4.78, 5) is 51.6. The van der Waals surface area contributed by atoms with Gasteiger partial charge >= 0.3 is 12.0 Å². The van der Waals surface area contributed by atoms with Gasteiger partial charge in [0.25, 0.3) is 5.91 Å². The molecule has 2 aliphatic heterocycles. The Morgan fingerprint density at radius 2 is 1.86 bits per heavy atom. The van der Waals surface area contributed by atoms with Gasteiger partial charge in [0.1, 0.15) is 6.04 Å². The lowest BCUT2D eigenvalue weighted by atomic mass is 9.93. The van der Waals surface area contributed by atoms with Crippen LogP contribution in [0.25, 0.3) is 0 Å². The first-order valence-electron chi connectivity index (χ1n) is 9.59. The number of ether oxygens (including phenoxy) is 1. The molecule has 0 unspecified atom stereocenters. The summed E-state index contributed by atoms with van der Waals surface area (Å²) in [6.07, 6.45) is 1.70. The minimum Gasteiger partial charge on any atom is -0.469 e.